The average Bonchev–Trinajstić information content (AvgIpc) is 1.98. The Bertz CT molecular complexity index is 90.9. The Balaban J connectivity index is 3.39. The molecule has 0 aromatic carbocycles. The van der Waals surface area contributed by atoms with Gasteiger partial charge in [-0.15, -0.1) is 0 Å². The first-order valence-electron chi connectivity index (χ1n) is 3.95. The van der Waals surface area contributed by atoms with Crippen molar-refractivity contribution in [3.63, 3.8) is 0 Å². The van der Waals surface area contributed by atoms with Crippen LogP contribution >= 0.6 is 0 Å². The van der Waals surface area contributed by atoms with E-state index in [2.05, 4.69) is 24.2 Å². The summed E-state index contributed by atoms with van der Waals surface area (Å²) in [6.45, 7) is 4.28. The molecular weight excluding hydrogens is 126 g/mol. The zero-order chi connectivity index (χ0) is 7.82. The molecule has 0 fully saturated rings. The SMILES string of the molecule is CCCCC(CC)N=NN. The lowest BCUT2D eigenvalue weighted by Gasteiger charge is -2.04. The second kappa shape index (κ2) is 6.52. The van der Waals surface area contributed by atoms with E-state index in [1.165, 1.54) is 12.8 Å². The summed E-state index contributed by atoms with van der Waals surface area (Å²) in [7, 11) is 0. The highest BCUT2D eigenvalue weighted by Gasteiger charge is 2.01. The minimum atomic E-state index is 0.352. The summed E-state index contributed by atoms with van der Waals surface area (Å²) < 4.78 is 0. The average molecular weight is 143 g/mol. The summed E-state index contributed by atoms with van der Waals surface area (Å²) in [6.07, 6.45) is 4.60. The molecule has 3 nitrogen and oxygen atoms in total. The molecule has 0 saturated heterocycles. The molecule has 0 bridgehead atoms. The van der Waals surface area contributed by atoms with Gasteiger partial charge < -0.3 is 5.84 Å². The highest BCUT2D eigenvalue weighted by molar-refractivity contribution is 4.60. The van der Waals surface area contributed by atoms with Gasteiger partial charge >= 0.3 is 0 Å². The van der Waals surface area contributed by atoms with Crippen molar-refractivity contribution in [3.05, 3.63) is 0 Å². The first-order valence-corrected chi connectivity index (χ1v) is 3.95. The van der Waals surface area contributed by atoms with Crippen molar-refractivity contribution in [2.45, 2.75) is 45.6 Å². The zero-order valence-electron chi connectivity index (χ0n) is 6.88. The lowest BCUT2D eigenvalue weighted by molar-refractivity contribution is 0.538. The largest absolute Gasteiger partial charge is 0.305 e. The van der Waals surface area contributed by atoms with Gasteiger partial charge in [-0.25, -0.2) is 0 Å². The number of hydrogen-bond donors (Lipinski definition) is 1. The van der Waals surface area contributed by atoms with E-state index in [1.807, 2.05) is 0 Å². The van der Waals surface area contributed by atoms with Crippen molar-refractivity contribution in [2.75, 3.05) is 0 Å². The molecule has 1 unspecified atom stereocenters. The van der Waals surface area contributed by atoms with Gasteiger partial charge in [-0.3, -0.25) is 0 Å². The molecule has 0 aliphatic carbocycles. The summed E-state index contributed by atoms with van der Waals surface area (Å²) in [5.41, 5.74) is 0. The predicted octanol–water partition coefficient (Wildman–Crippen LogP) is 2.28. The molecule has 0 heterocycles. The summed E-state index contributed by atoms with van der Waals surface area (Å²) in [5, 5.41) is 7.17. The molecule has 0 spiro atoms. The van der Waals surface area contributed by atoms with E-state index in [1.54, 1.807) is 0 Å². The van der Waals surface area contributed by atoms with Crippen LogP contribution in [0, 0.1) is 0 Å². The van der Waals surface area contributed by atoms with Crippen molar-refractivity contribution in [3.8, 4) is 0 Å². The molecule has 0 radical (unpaired) electrons. The Morgan fingerprint density at radius 2 is 2.10 bits per heavy atom. The lowest BCUT2D eigenvalue weighted by Crippen LogP contribution is -2.01. The van der Waals surface area contributed by atoms with Gasteiger partial charge in [-0.05, 0) is 12.8 Å². The van der Waals surface area contributed by atoms with Crippen LogP contribution in [0.4, 0.5) is 0 Å². The van der Waals surface area contributed by atoms with Crippen molar-refractivity contribution >= 4 is 0 Å². The van der Waals surface area contributed by atoms with Crippen LogP contribution in [0.1, 0.15) is 39.5 Å². The van der Waals surface area contributed by atoms with Crippen LogP contribution in [0.5, 0.6) is 0 Å². The highest BCUT2D eigenvalue weighted by Crippen LogP contribution is 2.07. The third-order valence-electron chi connectivity index (χ3n) is 1.59. The minimum Gasteiger partial charge on any atom is -0.305 e. The fourth-order valence-corrected chi connectivity index (χ4v) is 0.878. The van der Waals surface area contributed by atoms with Gasteiger partial charge in [0.1, 0.15) is 0 Å². The van der Waals surface area contributed by atoms with Gasteiger partial charge in [0.05, 0.1) is 6.04 Å². The molecule has 2 N–H and O–H groups in total. The van der Waals surface area contributed by atoms with E-state index in [9.17, 15) is 0 Å². The molecule has 0 saturated carbocycles. The van der Waals surface area contributed by atoms with Crippen LogP contribution in [0.15, 0.2) is 10.3 Å². The number of nitrogens with two attached hydrogens (primary N) is 1. The predicted molar refractivity (Wildman–Crippen MR) is 42.6 cm³/mol. The van der Waals surface area contributed by atoms with Crippen LogP contribution in [-0.4, -0.2) is 6.04 Å². The standard InChI is InChI=1S/C7H17N3/c1-3-5-6-7(4-2)9-10-8/h7H,3-6H2,1-2H3,(H2,8,9). The van der Waals surface area contributed by atoms with Gasteiger partial charge in [-0.1, -0.05) is 31.9 Å². The topological polar surface area (TPSA) is 50.7 Å². The normalized spacial score (nSPS) is 14.2. The van der Waals surface area contributed by atoms with E-state index in [4.69, 9.17) is 5.84 Å². The first kappa shape index (κ1) is 9.40. The van der Waals surface area contributed by atoms with E-state index in [0.717, 1.165) is 12.8 Å². The van der Waals surface area contributed by atoms with E-state index in [0.29, 0.717) is 6.04 Å². The summed E-state index contributed by atoms with van der Waals surface area (Å²) in [5.74, 6) is 4.94. The maximum absolute atomic E-state index is 4.94. The van der Waals surface area contributed by atoms with Crippen LogP contribution in [0.25, 0.3) is 0 Å². The van der Waals surface area contributed by atoms with Crippen molar-refractivity contribution in [1.29, 1.82) is 0 Å². The third kappa shape index (κ3) is 4.30. The zero-order valence-corrected chi connectivity index (χ0v) is 6.88. The van der Waals surface area contributed by atoms with Gasteiger partial charge in [0, 0.05) is 0 Å². The molecule has 0 aromatic rings. The summed E-state index contributed by atoms with van der Waals surface area (Å²) in [4.78, 5) is 0. The van der Waals surface area contributed by atoms with Gasteiger partial charge in [0.25, 0.3) is 0 Å². The van der Waals surface area contributed by atoms with Crippen LogP contribution < -0.4 is 5.84 Å². The second-order valence-corrected chi connectivity index (χ2v) is 2.44. The molecule has 0 amide bonds. The maximum atomic E-state index is 4.94. The maximum Gasteiger partial charge on any atom is 0.0726 e. The van der Waals surface area contributed by atoms with Crippen LogP contribution in [-0.2, 0) is 0 Å². The van der Waals surface area contributed by atoms with E-state index in [-0.39, 0.29) is 0 Å². The molecule has 0 aromatic heterocycles. The Labute approximate surface area is 62.7 Å². The fraction of sp³-hybridized carbons (Fsp3) is 1.00. The first-order chi connectivity index (χ1) is 4.85. The molecular formula is C7H17N3. The number of nitrogens with zero attached hydrogens (tertiary/aromatic N) is 2. The van der Waals surface area contributed by atoms with Crippen molar-refractivity contribution in [2.24, 2.45) is 16.2 Å². The third-order valence-corrected chi connectivity index (χ3v) is 1.59. The molecule has 0 aliphatic rings. The molecule has 0 rings (SSSR count). The molecule has 10 heavy (non-hydrogen) atoms. The number of rotatable bonds is 5. The van der Waals surface area contributed by atoms with Crippen molar-refractivity contribution < 1.29 is 0 Å². The van der Waals surface area contributed by atoms with Gasteiger partial charge in [-0.2, -0.15) is 5.11 Å². The monoisotopic (exact) mass is 143 g/mol. The minimum absolute atomic E-state index is 0.352. The van der Waals surface area contributed by atoms with Crippen LogP contribution in [0.2, 0.25) is 0 Å². The number of unbranched alkanes of at least 4 members (excludes halogenated alkanes) is 1. The van der Waals surface area contributed by atoms with E-state index < -0.39 is 0 Å². The lowest BCUT2D eigenvalue weighted by atomic mass is 10.1. The number of hydrogen-bond acceptors (Lipinski definition) is 2. The molecule has 0 aliphatic heterocycles. The Kier molecular flexibility index (Phi) is 6.13. The second-order valence-electron chi connectivity index (χ2n) is 2.44. The molecule has 1 atom stereocenters. The van der Waals surface area contributed by atoms with Gasteiger partial charge in [0.2, 0.25) is 0 Å². The van der Waals surface area contributed by atoms with Crippen LogP contribution in [0.3, 0.4) is 0 Å². The van der Waals surface area contributed by atoms with Crippen molar-refractivity contribution in [1.82, 2.24) is 0 Å². The summed E-state index contributed by atoms with van der Waals surface area (Å²) >= 11 is 0. The molecule has 60 valence electrons. The van der Waals surface area contributed by atoms with Gasteiger partial charge in [0.15, 0.2) is 0 Å². The Morgan fingerprint density at radius 1 is 1.40 bits per heavy atom. The Morgan fingerprint density at radius 3 is 2.50 bits per heavy atom. The molecule has 3 heteroatoms. The van der Waals surface area contributed by atoms with E-state index >= 15 is 0 Å². The summed E-state index contributed by atoms with van der Waals surface area (Å²) in [6, 6.07) is 0.352. The smallest absolute Gasteiger partial charge is 0.0726 e. The fourth-order valence-electron chi connectivity index (χ4n) is 0.878. The highest BCUT2D eigenvalue weighted by atomic mass is 15.3. The Hall–Kier alpha value is -0.600. The quantitative estimate of drug-likeness (QED) is 0.358.